The van der Waals surface area contributed by atoms with Crippen LogP contribution in [0.2, 0.25) is 0 Å². The molecule has 8 aliphatic rings. The third kappa shape index (κ3) is 9.83. The van der Waals surface area contributed by atoms with E-state index in [1.165, 1.54) is 18.2 Å². The number of phosphoric ester groups is 1. The molecule has 16 atom stereocenters. The molecule has 0 heterocycles. The zero-order valence-corrected chi connectivity index (χ0v) is 48.1. The monoisotopic (exact) mass is 1010 g/mol. The number of carbonyl (C=O) groups excluding carboxylic acids is 6. The minimum absolute atomic E-state index is 0. The van der Waals surface area contributed by atoms with Gasteiger partial charge >= 0.3 is 94.6 Å². The van der Waals surface area contributed by atoms with Crippen molar-refractivity contribution in [1.82, 2.24) is 0 Å². The zero-order chi connectivity index (χ0) is 49.0. The second-order valence-corrected chi connectivity index (χ2v) is 22.6. The van der Waals surface area contributed by atoms with Crippen LogP contribution in [-0.4, -0.2) is 97.8 Å². The molecule has 0 radical (unpaired) electrons. The largest absolute Gasteiger partial charge is 1.00 e. The number of carboxylic acids is 1. The summed E-state index contributed by atoms with van der Waals surface area (Å²) >= 11 is 0. The maximum absolute atomic E-state index is 17.0. The summed E-state index contributed by atoms with van der Waals surface area (Å²) in [5.74, 6) is -5.90. The quantitative estimate of drug-likeness (QED) is 0.0899. The van der Waals surface area contributed by atoms with Crippen molar-refractivity contribution in [2.24, 2.45) is 63.1 Å². The van der Waals surface area contributed by atoms with Gasteiger partial charge in [0.25, 0.3) is 0 Å². The number of aliphatic hydroxyl groups is 4. The Balaban J connectivity index is 0.000000288. The number of rotatable bonds is 10. The number of aliphatic hydroxyl groups excluding tert-OH is 2. The number of ketones is 4. The molecule has 0 aliphatic heterocycles. The van der Waals surface area contributed by atoms with Crippen molar-refractivity contribution in [3.63, 3.8) is 0 Å². The first-order chi connectivity index (χ1) is 30.4. The van der Waals surface area contributed by atoms with E-state index in [0.29, 0.717) is 24.8 Å². The molecule has 0 saturated heterocycles. The van der Waals surface area contributed by atoms with E-state index in [-0.39, 0.29) is 150 Å². The fourth-order valence-electron chi connectivity index (χ4n) is 15.1. The van der Waals surface area contributed by atoms with Gasteiger partial charge < -0.3 is 53.9 Å². The van der Waals surface area contributed by atoms with Crippen molar-refractivity contribution in [3.05, 3.63) is 47.6 Å². The molecule has 21 heteroatoms. The van der Waals surface area contributed by atoms with Crippen molar-refractivity contribution >= 4 is 42.9 Å². The van der Waals surface area contributed by atoms with Gasteiger partial charge in [-0.2, -0.15) is 0 Å². The van der Waals surface area contributed by atoms with E-state index in [2.05, 4.69) is 18.4 Å². The molecule has 0 amide bonds. The summed E-state index contributed by atoms with van der Waals surface area (Å²) in [6, 6.07) is 0. The Morgan fingerprint density at radius 3 is 2.07 bits per heavy atom. The normalized spacial score (nSPS) is 43.3. The number of Topliss-reactive ketones (excluding diaryl/α,β-unsaturated/α-hetero) is 2. The first-order valence-corrected chi connectivity index (χ1v) is 24.4. The van der Waals surface area contributed by atoms with Gasteiger partial charge in [-0.1, -0.05) is 57.9 Å². The first kappa shape index (κ1) is 61.0. The average molecular weight is 1010 g/mol. The molecule has 69 heavy (non-hydrogen) atoms. The number of carbonyl (C=O) groups is 6. The second kappa shape index (κ2) is 21.2. The number of phosphoric acid groups is 1. The Morgan fingerprint density at radius 1 is 0.826 bits per heavy atom. The van der Waals surface area contributed by atoms with Crippen LogP contribution < -0.4 is 104 Å². The van der Waals surface area contributed by atoms with Gasteiger partial charge in [-0.15, -0.1) is 0 Å². The summed E-state index contributed by atoms with van der Waals surface area (Å²) in [6.45, 7) is 9.16. The molecule has 364 valence electrons. The van der Waals surface area contributed by atoms with Crippen LogP contribution in [-0.2, 0) is 42.6 Å². The van der Waals surface area contributed by atoms with E-state index in [4.69, 9.17) is 4.74 Å². The maximum Gasteiger partial charge on any atom is 1.00 e. The Morgan fingerprint density at radius 2 is 1.45 bits per heavy atom. The average Bonchev–Trinajstić information content (AvgIpc) is 3.61. The second-order valence-electron chi connectivity index (χ2n) is 21.4. The fraction of sp³-hybridized carbons (Fsp3) is 0.708. The van der Waals surface area contributed by atoms with Gasteiger partial charge in [-0.25, -0.2) is 4.39 Å². The first-order valence-electron chi connectivity index (χ1n) is 22.9. The third-order valence-electron chi connectivity index (χ3n) is 18.3. The van der Waals surface area contributed by atoms with E-state index in [1.54, 1.807) is 32.9 Å². The van der Waals surface area contributed by atoms with Crippen molar-refractivity contribution < 1.29 is 171 Å². The fourth-order valence-corrected chi connectivity index (χ4v) is 15.4. The van der Waals surface area contributed by atoms with Crippen LogP contribution in [0.4, 0.5) is 4.39 Å². The minimum Gasteiger partial charge on any atom is -0.790 e. The summed E-state index contributed by atoms with van der Waals surface area (Å²) in [4.78, 5) is 94.1. The third-order valence-corrected chi connectivity index (χ3v) is 18.8. The van der Waals surface area contributed by atoms with E-state index < -0.39 is 126 Å². The molecule has 0 unspecified atom stereocenters. The molecule has 0 aromatic rings. The summed E-state index contributed by atoms with van der Waals surface area (Å²) in [5.41, 5.74) is -8.10. The smallest absolute Gasteiger partial charge is 0.790 e. The van der Waals surface area contributed by atoms with Gasteiger partial charge in [0, 0.05) is 39.5 Å². The van der Waals surface area contributed by atoms with E-state index in [1.807, 2.05) is 13.0 Å². The Bertz CT molecular complexity index is 2280. The molecule has 6 saturated carbocycles. The van der Waals surface area contributed by atoms with Gasteiger partial charge in [0.15, 0.2) is 29.6 Å². The molecule has 0 spiro atoms. The van der Waals surface area contributed by atoms with Gasteiger partial charge in [-0.05, 0) is 119 Å². The number of esters is 1. The molecule has 8 rings (SSSR count). The van der Waals surface area contributed by atoms with Crippen molar-refractivity contribution in [2.45, 2.75) is 135 Å². The number of fused-ring (bicyclic) bond motifs is 10. The molecular weight excluding hydrogens is 951 g/mol. The Hall–Kier alpha value is -0.540. The predicted molar refractivity (Wildman–Crippen MR) is 224 cm³/mol. The number of aliphatic carboxylic acids is 1. The number of carboxylic acid groups (broad SMARTS) is 1. The molecule has 0 aromatic carbocycles. The zero-order valence-electron chi connectivity index (χ0n) is 41.2. The molecule has 6 fully saturated rings. The number of halogens is 1. The minimum atomic E-state index is -5.43. The number of ether oxygens (including phenoxy) is 1. The Labute approximate surface area is 468 Å². The van der Waals surface area contributed by atoms with Crippen LogP contribution >= 0.6 is 7.82 Å². The number of alkyl halides is 1. The SMILES string of the molecule is C[C@H]1C[C@@H]2[C@H]([C@@H](O)C[C@@]3(C)[C@H]2CC[C@]3(O)C(=O)COC(=O)CCC(=O)[O-])[C@@]2(C)C=CC(=O)C=C12.C[C@H]1C[C@H]2[C@@H]3CCC4=CC(=O)C=C[C@]4(C)[C@@]3(F)[C@@H](O)C[C@]2(C)[C@@]1(O)C(=O)COP(=O)([O-])[O-].[Na+].[Na+].[Na+]. The maximum atomic E-state index is 17.0. The van der Waals surface area contributed by atoms with Crippen molar-refractivity contribution in [1.29, 1.82) is 0 Å². The van der Waals surface area contributed by atoms with Crippen molar-refractivity contribution in [3.8, 4) is 0 Å². The van der Waals surface area contributed by atoms with E-state index in [9.17, 15) is 68.7 Å². The van der Waals surface area contributed by atoms with Gasteiger partial charge in [0.2, 0.25) is 5.78 Å². The Kier molecular flexibility index (Phi) is 18.8. The molecule has 4 N–H and O–H groups in total. The van der Waals surface area contributed by atoms with Crippen LogP contribution in [0.25, 0.3) is 0 Å². The number of allylic oxidation sites excluding steroid dienone is 8. The summed E-state index contributed by atoms with van der Waals surface area (Å²) < 4.78 is 36.9. The van der Waals surface area contributed by atoms with Crippen LogP contribution in [0.1, 0.15) is 106 Å². The topological polar surface area (TPSA) is 288 Å². The van der Waals surface area contributed by atoms with Crippen molar-refractivity contribution in [2.75, 3.05) is 13.2 Å². The predicted octanol–water partition coefficient (Wildman–Crippen LogP) is -7.35. The van der Waals surface area contributed by atoms with Gasteiger partial charge in [0.1, 0.15) is 17.8 Å². The molecule has 8 aliphatic carbocycles. The van der Waals surface area contributed by atoms with Gasteiger partial charge in [-0.3, -0.25) is 24.0 Å². The molecule has 0 bridgehead atoms. The van der Waals surface area contributed by atoms with Crippen LogP contribution in [0.3, 0.4) is 0 Å². The van der Waals surface area contributed by atoms with Gasteiger partial charge in [0.05, 0.1) is 26.5 Å². The van der Waals surface area contributed by atoms with E-state index >= 15 is 4.39 Å². The van der Waals surface area contributed by atoms with Crippen LogP contribution in [0.15, 0.2) is 47.6 Å². The summed E-state index contributed by atoms with van der Waals surface area (Å²) in [5, 5.41) is 56.3. The van der Waals surface area contributed by atoms with E-state index in [0.717, 1.165) is 12.0 Å². The van der Waals surface area contributed by atoms with Crippen LogP contribution in [0.5, 0.6) is 0 Å². The molecule has 16 nitrogen and oxygen atoms in total. The molecular formula is C48H61FNa3O16P. The van der Waals surface area contributed by atoms with Crippen LogP contribution in [0, 0.1) is 63.1 Å². The standard InChI is InChI=1S/C26H34O8.C22H30FO8P.3Na/c1-14-10-16-17-7-9-26(33,20(29)13-34-22(32)5-4-21(30)31)25(17,3)12-19(28)23(16)24(2)8-6-15(27)11-18(14)24;1-12-8-16-15-5-4-13-9-14(24)6-7-19(13,2)21(15,23)17(25)10-20(16,3)22(12,27)18(26)11-31-32(28,29)30;;;/h6,8,11,14,16-17,19,23,28,33H,4-5,7,9-10,12-13H2,1-3H3,(H,30,31);6-7,9,12,15-17,25,27H,4-5,8,10-11H2,1-3H3,(H2,28,29,30);;;/q;;3*+1/p-3/t14-,16-,17-,19-,23+,24-,25-,26-;12-,15-,16-,17-,19-,20-,21-,22-;;;/m00.../s1. The number of hydrogen-bond acceptors (Lipinski definition) is 16. The summed E-state index contributed by atoms with van der Waals surface area (Å²) in [6.07, 6.45) is 8.83. The summed E-state index contributed by atoms with van der Waals surface area (Å²) in [7, 11) is -5.43. The number of hydrogen-bond donors (Lipinski definition) is 4. The molecule has 0 aromatic heterocycles.